The maximum atomic E-state index is 6.22. The molecular weight excluding hydrogens is 417 g/mol. The van der Waals surface area contributed by atoms with E-state index in [1.54, 1.807) is 6.20 Å². The molecule has 0 unspecified atom stereocenters. The average molecular weight is 428 g/mol. The fourth-order valence-corrected chi connectivity index (χ4v) is 2.91. The molecule has 1 heterocycles. The summed E-state index contributed by atoms with van der Waals surface area (Å²) >= 11 is 13.1. The zero-order valence-corrected chi connectivity index (χ0v) is 14.6. The molecule has 1 aromatic heterocycles. The van der Waals surface area contributed by atoms with Gasteiger partial charge in [0.15, 0.2) is 0 Å². The highest BCUT2D eigenvalue weighted by Gasteiger charge is 2.08. The van der Waals surface area contributed by atoms with Gasteiger partial charge in [0.1, 0.15) is 0 Å². The van der Waals surface area contributed by atoms with E-state index in [0.717, 1.165) is 31.2 Å². The third-order valence-corrected chi connectivity index (χ3v) is 4.30. The molecule has 6 heteroatoms. The number of aromatic nitrogens is 1. The lowest BCUT2D eigenvalue weighted by atomic mass is 10.1. The average Bonchev–Trinajstić information content (AvgIpc) is 2.46. The van der Waals surface area contributed by atoms with E-state index < -0.39 is 0 Å². The minimum absolute atomic E-state index is 0.639. The van der Waals surface area contributed by atoms with Crippen LogP contribution in [0.25, 0.3) is 10.9 Å². The third-order valence-electron chi connectivity index (χ3n) is 3.05. The van der Waals surface area contributed by atoms with Crippen LogP contribution < -0.4 is 11.1 Å². The van der Waals surface area contributed by atoms with Gasteiger partial charge in [0.05, 0.1) is 21.9 Å². The minimum atomic E-state index is 0.639. The van der Waals surface area contributed by atoms with Crippen molar-refractivity contribution in [2.75, 3.05) is 11.1 Å². The summed E-state index contributed by atoms with van der Waals surface area (Å²) in [5, 5.41) is 4.84. The largest absolute Gasteiger partial charge is 0.398 e. The third kappa shape index (κ3) is 3.00. The minimum Gasteiger partial charge on any atom is -0.398 e. The van der Waals surface area contributed by atoms with Crippen molar-refractivity contribution >= 4 is 71.4 Å². The summed E-state index contributed by atoms with van der Waals surface area (Å²) in [6.07, 6.45) is 1.75. The van der Waals surface area contributed by atoms with Gasteiger partial charge in [-0.1, -0.05) is 27.5 Å². The van der Waals surface area contributed by atoms with Crippen LogP contribution in [0, 0.1) is 0 Å². The first-order chi connectivity index (χ1) is 10.0. The predicted molar refractivity (Wildman–Crippen MR) is 96.3 cm³/mol. The highest BCUT2D eigenvalue weighted by molar-refractivity contribution is 9.10. The number of anilines is 3. The molecule has 0 aliphatic heterocycles. The highest BCUT2D eigenvalue weighted by Crippen LogP contribution is 2.33. The van der Waals surface area contributed by atoms with E-state index in [2.05, 4.69) is 42.2 Å². The number of rotatable bonds is 2. The summed E-state index contributed by atoms with van der Waals surface area (Å²) in [6, 6.07) is 11.3. The number of halogens is 3. The van der Waals surface area contributed by atoms with E-state index in [9.17, 15) is 0 Å². The van der Waals surface area contributed by atoms with Crippen LogP contribution in [0.3, 0.4) is 0 Å². The standard InChI is InChI=1S/C15H10Br2ClN3/c16-8-1-2-11(18)14(6-8)21-13-4-3-12(19)10-5-9(17)7-20-15(10)13/h1-7,21H,19H2. The Labute approximate surface area is 143 Å². The van der Waals surface area contributed by atoms with Crippen molar-refractivity contribution < 1.29 is 0 Å². The molecule has 2 aromatic carbocycles. The van der Waals surface area contributed by atoms with E-state index in [0.29, 0.717) is 10.7 Å². The van der Waals surface area contributed by atoms with Crippen LogP contribution in [0.4, 0.5) is 17.1 Å². The van der Waals surface area contributed by atoms with Gasteiger partial charge in [-0.05, 0) is 52.3 Å². The van der Waals surface area contributed by atoms with Crippen molar-refractivity contribution in [2.24, 2.45) is 0 Å². The van der Waals surface area contributed by atoms with Crippen LogP contribution in [-0.4, -0.2) is 4.98 Å². The molecule has 0 aliphatic carbocycles. The summed E-state index contributed by atoms with van der Waals surface area (Å²) in [4.78, 5) is 4.45. The molecule has 106 valence electrons. The van der Waals surface area contributed by atoms with Crippen molar-refractivity contribution in [3.05, 3.63) is 56.6 Å². The lowest BCUT2D eigenvalue weighted by molar-refractivity contribution is 1.38. The van der Waals surface area contributed by atoms with Crippen molar-refractivity contribution in [3.63, 3.8) is 0 Å². The number of nitrogen functional groups attached to an aromatic ring is 1. The van der Waals surface area contributed by atoms with Gasteiger partial charge < -0.3 is 11.1 Å². The van der Waals surface area contributed by atoms with Gasteiger partial charge in [-0.2, -0.15) is 0 Å². The zero-order chi connectivity index (χ0) is 15.0. The molecule has 0 amide bonds. The first kappa shape index (κ1) is 14.6. The Morgan fingerprint density at radius 2 is 1.81 bits per heavy atom. The zero-order valence-electron chi connectivity index (χ0n) is 10.7. The normalized spacial score (nSPS) is 10.8. The smallest absolute Gasteiger partial charge is 0.0958 e. The molecule has 0 aliphatic rings. The maximum Gasteiger partial charge on any atom is 0.0958 e. The van der Waals surface area contributed by atoms with Gasteiger partial charge in [-0.3, -0.25) is 4.98 Å². The fraction of sp³-hybridized carbons (Fsp3) is 0. The summed E-state index contributed by atoms with van der Waals surface area (Å²) < 4.78 is 1.84. The molecule has 0 fully saturated rings. The lowest BCUT2D eigenvalue weighted by Gasteiger charge is -2.12. The van der Waals surface area contributed by atoms with E-state index >= 15 is 0 Å². The van der Waals surface area contributed by atoms with Crippen molar-refractivity contribution in [3.8, 4) is 0 Å². The quantitative estimate of drug-likeness (QED) is 0.513. The second kappa shape index (κ2) is 5.83. The van der Waals surface area contributed by atoms with Crippen molar-refractivity contribution in [1.82, 2.24) is 4.98 Å². The van der Waals surface area contributed by atoms with Crippen LogP contribution in [0.5, 0.6) is 0 Å². The van der Waals surface area contributed by atoms with Crippen LogP contribution in [0.1, 0.15) is 0 Å². The van der Waals surface area contributed by atoms with E-state index in [1.807, 2.05) is 36.4 Å². The summed E-state index contributed by atoms with van der Waals surface area (Å²) in [5.41, 5.74) is 9.17. The molecule has 0 saturated carbocycles. The molecule has 21 heavy (non-hydrogen) atoms. The fourth-order valence-electron chi connectivity index (χ4n) is 2.06. The molecule has 0 saturated heterocycles. The molecule has 0 atom stereocenters. The molecule has 0 radical (unpaired) electrons. The molecule has 0 spiro atoms. The van der Waals surface area contributed by atoms with Crippen LogP contribution in [0.15, 0.2) is 51.5 Å². The number of nitrogens with zero attached hydrogens (tertiary/aromatic N) is 1. The molecule has 3 rings (SSSR count). The van der Waals surface area contributed by atoms with E-state index in [4.69, 9.17) is 17.3 Å². The Bertz CT molecular complexity index is 837. The molecule has 0 bridgehead atoms. The predicted octanol–water partition coefficient (Wildman–Crippen LogP) is 5.74. The van der Waals surface area contributed by atoms with Gasteiger partial charge in [0, 0.05) is 26.2 Å². The van der Waals surface area contributed by atoms with Crippen LogP contribution >= 0.6 is 43.5 Å². The Morgan fingerprint density at radius 3 is 2.62 bits per heavy atom. The van der Waals surface area contributed by atoms with Crippen molar-refractivity contribution in [1.29, 1.82) is 0 Å². The first-order valence-corrected chi connectivity index (χ1v) is 8.07. The van der Waals surface area contributed by atoms with Gasteiger partial charge in [-0.25, -0.2) is 0 Å². The first-order valence-electron chi connectivity index (χ1n) is 6.10. The second-order valence-electron chi connectivity index (χ2n) is 4.50. The van der Waals surface area contributed by atoms with Crippen LogP contribution in [-0.2, 0) is 0 Å². The number of nitrogens with one attached hydrogen (secondary N) is 1. The number of hydrogen-bond acceptors (Lipinski definition) is 3. The van der Waals surface area contributed by atoms with Gasteiger partial charge in [0.2, 0.25) is 0 Å². The summed E-state index contributed by atoms with van der Waals surface area (Å²) in [7, 11) is 0. The Hall–Kier alpha value is -1.30. The maximum absolute atomic E-state index is 6.22. The highest BCUT2D eigenvalue weighted by atomic mass is 79.9. The number of pyridine rings is 1. The molecule has 3 nitrogen and oxygen atoms in total. The van der Waals surface area contributed by atoms with Gasteiger partial charge in [0.25, 0.3) is 0 Å². The SMILES string of the molecule is Nc1ccc(Nc2cc(Br)ccc2Cl)c2ncc(Br)cc12. The van der Waals surface area contributed by atoms with E-state index in [-0.39, 0.29) is 0 Å². The Kier molecular flexibility index (Phi) is 4.06. The van der Waals surface area contributed by atoms with Crippen LogP contribution in [0.2, 0.25) is 5.02 Å². The molecule has 3 aromatic rings. The van der Waals surface area contributed by atoms with Gasteiger partial charge in [-0.15, -0.1) is 0 Å². The summed E-state index contributed by atoms with van der Waals surface area (Å²) in [6.45, 7) is 0. The lowest BCUT2D eigenvalue weighted by Crippen LogP contribution is -1.96. The second-order valence-corrected chi connectivity index (χ2v) is 6.74. The Balaban J connectivity index is 2.13. The number of nitrogens with two attached hydrogens (primary N) is 1. The molecular formula is C15H10Br2ClN3. The van der Waals surface area contributed by atoms with Gasteiger partial charge >= 0.3 is 0 Å². The molecule has 3 N–H and O–H groups in total. The number of benzene rings is 2. The monoisotopic (exact) mass is 425 g/mol. The van der Waals surface area contributed by atoms with Crippen molar-refractivity contribution in [2.45, 2.75) is 0 Å². The van der Waals surface area contributed by atoms with E-state index in [1.165, 1.54) is 0 Å². The summed E-state index contributed by atoms with van der Waals surface area (Å²) in [5.74, 6) is 0. The Morgan fingerprint density at radius 1 is 1.00 bits per heavy atom. The number of fused-ring (bicyclic) bond motifs is 1. The topological polar surface area (TPSA) is 50.9 Å². The number of hydrogen-bond donors (Lipinski definition) is 2.